The smallest absolute Gasteiger partial charge is 0.143 e. The minimum atomic E-state index is -0.446. The molecule has 2 aromatic rings. The first-order chi connectivity index (χ1) is 8.08. The molecule has 88 valence electrons. The Labute approximate surface area is 104 Å². The zero-order chi connectivity index (χ0) is 12.4. The summed E-state index contributed by atoms with van der Waals surface area (Å²) in [6.07, 6.45) is 0. The van der Waals surface area contributed by atoms with E-state index in [0.717, 1.165) is 11.3 Å². The Kier molecular flexibility index (Phi) is 3.20. The molecule has 2 rings (SSSR count). The first-order valence-electron chi connectivity index (χ1n) is 5.15. The molecular formula is C13H12ClFN2. The molecule has 0 aliphatic carbocycles. The van der Waals surface area contributed by atoms with Gasteiger partial charge in [-0.25, -0.2) is 4.39 Å². The van der Waals surface area contributed by atoms with Gasteiger partial charge in [0.1, 0.15) is 5.82 Å². The molecule has 3 N–H and O–H groups in total. The molecule has 0 aliphatic heterocycles. The van der Waals surface area contributed by atoms with Crippen LogP contribution in [-0.4, -0.2) is 0 Å². The minimum Gasteiger partial charge on any atom is -0.398 e. The van der Waals surface area contributed by atoms with E-state index in [1.807, 2.05) is 25.1 Å². The number of hydrogen-bond donors (Lipinski definition) is 2. The van der Waals surface area contributed by atoms with Gasteiger partial charge in [0, 0.05) is 17.1 Å². The lowest BCUT2D eigenvalue weighted by Crippen LogP contribution is -1.97. The number of rotatable bonds is 2. The standard InChI is InChI=1S/C13H12ClFN2/c1-8-12(16)3-2-4-13(8)17-9-5-6-10(14)11(15)7-9/h2-7,17H,16H2,1H3. The molecule has 0 unspecified atom stereocenters. The number of nitrogens with two attached hydrogens (primary N) is 1. The van der Waals surface area contributed by atoms with Gasteiger partial charge in [0.15, 0.2) is 0 Å². The number of benzene rings is 2. The number of nitrogens with one attached hydrogen (secondary N) is 1. The molecule has 0 saturated carbocycles. The van der Waals surface area contributed by atoms with E-state index in [0.29, 0.717) is 11.4 Å². The predicted molar refractivity (Wildman–Crippen MR) is 70.3 cm³/mol. The summed E-state index contributed by atoms with van der Waals surface area (Å²) in [5.74, 6) is -0.446. The SMILES string of the molecule is Cc1c(N)cccc1Nc1ccc(Cl)c(F)c1. The van der Waals surface area contributed by atoms with Crippen molar-refractivity contribution in [2.45, 2.75) is 6.92 Å². The van der Waals surface area contributed by atoms with Crippen LogP contribution in [0, 0.1) is 12.7 Å². The molecule has 0 radical (unpaired) electrons. The molecule has 0 aliphatic rings. The van der Waals surface area contributed by atoms with Gasteiger partial charge in [-0.15, -0.1) is 0 Å². The molecule has 2 nitrogen and oxygen atoms in total. The molecule has 2 aromatic carbocycles. The highest BCUT2D eigenvalue weighted by atomic mass is 35.5. The van der Waals surface area contributed by atoms with Gasteiger partial charge in [-0.1, -0.05) is 17.7 Å². The van der Waals surface area contributed by atoms with E-state index >= 15 is 0 Å². The lowest BCUT2D eigenvalue weighted by Gasteiger charge is -2.11. The van der Waals surface area contributed by atoms with Gasteiger partial charge < -0.3 is 11.1 Å². The third kappa shape index (κ3) is 2.50. The Morgan fingerprint density at radius 3 is 2.71 bits per heavy atom. The second-order valence-corrected chi connectivity index (χ2v) is 4.18. The number of nitrogen functional groups attached to an aromatic ring is 1. The van der Waals surface area contributed by atoms with Gasteiger partial charge >= 0.3 is 0 Å². The zero-order valence-corrected chi connectivity index (χ0v) is 10.1. The van der Waals surface area contributed by atoms with Gasteiger partial charge in [-0.3, -0.25) is 0 Å². The van der Waals surface area contributed by atoms with Gasteiger partial charge in [0.2, 0.25) is 0 Å². The molecule has 4 heteroatoms. The quantitative estimate of drug-likeness (QED) is 0.787. The third-order valence-electron chi connectivity index (χ3n) is 2.57. The average Bonchev–Trinajstić information content (AvgIpc) is 2.30. The van der Waals surface area contributed by atoms with Gasteiger partial charge in [0.05, 0.1) is 5.02 Å². The summed E-state index contributed by atoms with van der Waals surface area (Å²) in [7, 11) is 0. The Bertz CT molecular complexity index is 555. The van der Waals surface area contributed by atoms with E-state index in [1.165, 1.54) is 12.1 Å². The summed E-state index contributed by atoms with van der Waals surface area (Å²) >= 11 is 5.62. The fourth-order valence-electron chi connectivity index (χ4n) is 1.52. The van der Waals surface area contributed by atoms with Crippen LogP contribution in [0.25, 0.3) is 0 Å². The minimum absolute atomic E-state index is 0.111. The largest absolute Gasteiger partial charge is 0.398 e. The Morgan fingerprint density at radius 1 is 1.24 bits per heavy atom. The maximum absolute atomic E-state index is 13.3. The number of anilines is 3. The van der Waals surface area contributed by atoms with Crippen molar-refractivity contribution in [2.24, 2.45) is 0 Å². The van der Waals surface area contributed by atoms with Gasteiger partial charge in [0.25, 0.3) is 0 Å². The first-order valence-corrected chi connectivity index (χ1v) is 5.53. The second kappa shape index (κ2) is 4.63. The molecule has 0 fully saturated rings. The Balaban J connectivity index is 2.31. The molecule has 0 heterocycles. The van der Waals surface area contributed by atoms with E-state index in [1.54, 1.807) is 6.07 Å². The summed E-state index contributed by atoms with van der Waals surface area (Å²) in [6, 6.07) is 10.1. The molecule has 0 spiro atoms. The van der Waals surface area contributed by atoms with Crippen molar-refractivity contribution in [1.82, 2.24) is 0 Å². The second-order valence-electron chi connectivity index (χ2n) is 3.77. The van der Waals surface area contributed by atoms with E-state index in [9.17, 15) is 4.39 Å². The zero-order valence-electron chi connectivity index (χ0n) is 9.30. The third-order valence-corrected chi connectivity index (χ3v) is 2.88. The molecule has 0 amide bonds. The Morgan fingerprint density at radius 2 is 2.00 bits per heavy atom. The van der Waals surface area contributed by atoms with Crippen molar-refractivity contribution in [3.8, 4) is 0 Å². The van der Waals surface area contributed by atoms with Crippen LogP contribution in [0.1, 0.15) is 5.56 Å². The molecule has 0 atom stereocenters. The number of hydrogen-bond acceptors (Lipinski definition) is 2. The summed E-state index contributed by atoms with van der Waals surface area (Å²) in [6.45, 7) is 1.91. The van der Waals surface area contributed by atoms with E-state index in [-0.39, 0.29) is 5.02 Å². The maximum atomic E-state index is 13.3. The summed E-state index contributed by atoms with van der Waals surface area (Å²) in [4.78, 5) is 0. The van der Waals surface area contributed by atoms with E-state index < -0.39 is 5.82 Å². The van der Waals surface area contributed by atoms with Crippen molar-refractivity contribution < 1.29 is 4.39 Å². The predicted octanol–water partition coefficient (Wildman–Crippen LogP) is 4.11. The maximum Gasteiger partial charge on any atom is 0.143 e. The lowest BCUT2D eigenvalue weighted by atomic mass is 10.1. The first kappa shape index (κ1) is 11.7. The monoisotopic (exact) mass is 250 g/mol. The van der Waals surface area contributed by atoms with Crippen molar-refractivity contribution in [2.75, 3.05) is 11.1 Å². The summed E-state index contributed by atoms with van der Waals surface area (Å²) < 4.78 is 13.3. The van der Waals surface area contributed by atoms with Crippen LogP contribution in [0.5, 0.6) is 0 Å². The lowest BCUT2D eigenvalue weighted by molar-refractivity contribution is 0.629. The van der Waals surface area contributed by atoms with Crippen LogP contribution < -0.4 is 11.1 Å². The van der Waals surface area contributed by atoms with Crippen LogP contribution >= 0.6 is 11.6 Å². The highest BCUT2D eigenvalue weighted by Crippen LogP contribution is 2.26. The van der Waals surface area contributed by atoms with Crippen molar-refractivity contribution in [1.29, 1.82) is 0 Å². The van der Waals surface area contributed by atoms with Gasteiger partial charge in [-0.05, 0) is 42.8 Å². The average molecular weight is 251 g/mol. The topological polar surface area (TPSA) is 38.0 Å². The van der Waals surface area contributed by atoms with Crippen LogP contribution in [-0.2, 0) is 0 Å². The molecular weight excluding hydrogens is 239 g/mol. The molecule has 17 heavy (non-hydrogen) atoms. The highest BCUT2D eigenvalue weighted by Gasteiger charge is 2.04. The van der Waals surface area contributed by atoms with Crippen LogP contribution in [0.2, 0.25) is 5.02 Å². The van der Waals surface area contributed by atoms with Crippen LogP contribution in [0.4, 0.5) is 21.5 Å². The van der Waals surface area contributed by atoms with Crippen molar-refractivity contribution in [3.05, 3.63) is 52.8 Å². The van der Waals surface area contributed by atoms with Crippen LogP contribution in [0.3, 0.4) is 0 Å². The van der Waals surface area contributed by atoms with E-state index in [2.05, 4.69) is 5.32 Å². The molecule has 0 bridgehead atoms. The Hall–Kier alpha value is -1.74. The highest BCUT2D eigenvalue weighted by molar-refractivity contribution is 6.30. The number of halogens is 2. The molecule has 0 aromatic heterocycles. The summed E-state index contributed by atoms with van der Waals surface area (Å²) in [5.41, 5.74) is 8.92. The fourth-order valence-corrected chi connectivity index (χ4v) is 1.64. The normalized spacial score (nSPS) is 10.3. The fraction of sp³-hybridized carbons (Fsp3) is 0.0769. The van der Waals surface area contributed by atoms with E-state index in [4.69, 9.17) is 17.3 Å². The molecule has 0 saturated heterocycles. The summed E-state index contributed by atoms with van der Waals surface area (Å²) in [5, 5.41) is 3.21. The van der Waals surface area contributed by atoms with Gasteiger partial charge in [-0.2, -0.15) is 0 Å². The van der Waals surface area contributed by atoms with Crippen molar-refractivity contribution in [3.63, 3.8) is 0 Å². The van der Waals surface area contributed by atoms with Crippen molar-refractivity contribution >= 4 is 28.7 Å². The van der Waals surface area contributed by atoms with Crippen LogP contribution in [0.15, 0.2) is 36.4 Å².